The Bertz CT molecular complexity index is 975. The second-order valence-corrected chi connectivity index (χ2v) is 6.26. The molecule has 2 nitrogen and oxygen atoms in total. The van der Waals surface area contributed by atoms with E-state index in [0.717, 1.165) is 27.8 Å². The number of pyridine rings is 1. The highest BCUT2D eigenvalue weighted by Gasteiger charge is 2.14. The summed E-state index contributed by atoms with van der Waals surface area (Å²) < 4.78 is 3.30. The molecule has 0 N–H and O–H groups in total. The summed E-state index contributed by atoms with van der Waals surface area (Å²) in [5.41, 5.74) is 3.29. The number of rotatable bonds is 2. The van der Waals surface area contributed by atoms with Crippen LogP contribution in [-0.2, 0) is 6.42 Å². The van der Waals surface area contributed by atoms with Crippen LogP contribution in [0.5, 0.6) is 0 Å². The second-order valence-electron chi connectivity index (χ2n) is 5.03. The molecule has 0 aliphatic carbocycles. The third kappa shape index (κ3) is 1.88. The number of benzene rings is 2. The minimum absolute atomic E-state index is 0.590. The van der Waals surface area contributed by atoms with Gasteiger partial charge in [-0.2, -0.15) is 0 Å². The summed E-state index contributed by atoms with van der Waals surface area (Å²) in [4.78, 5) is 4.64. The number of aromatic nitrogens is 2. The third-order valence-electron chi connectivity index (χ3n) is 3.85. The Morgan fingerprint density at radius 3 is 2.57 bits per heavy atom. The molecule has 4 aromatic rings. The number of nitrogens with zero attached hydrogens (tertiary/aromatic N) is 2. The molecule has 0 fully saturated rings. The van der Waals surface area contributed by atoms with Crippen LogP contribution in [0.2, 0.25) is 0 Å². The molecule has 0 spiro atoms. The first-order chi connectivity index (χ1) is 10.3. The lowest BCUT2D eigenvalue weighted by atomic mass is 10.1. The van der Waals surface area contributed by atoms with E-state index in [9.17, 15) is 0 Å². The lowest BCUT2D eigenvalue weighted by molar-refractivity contribution is 1.03. The maximum Gasteiger partial charge on any atom is 0.145 e. The Morgan fingerprint density at radius 1 is 1.00 bits per heavy atom. The fourth-order valence-corrected chi connectivity index (χ4v) is 3.71. The summed E-state index contributed by atoms with van der Waals surface area (Å²) in [5.74, 6) is 0.590. The lowest BCUT2D eigenvalue weighted by Crippen LogP contribution is -1.98. The fraction of sp³-hybridized carbons (Fsp3) is 0.118. The van der Waals surface area contributed by atoms with Crippen LogP contribution in [0.15, 0.2) is 53.1 Å². The molecular weight excluding hydrogens is 348 g/mol. The van der Waals surface area contributed by atoms with E-state index in [1.165, 1.54) is 16.2 Å². The second kappa shape index (κ2) is 5.00. The molecule has 2 aromatic carbocycles. The van der Waals surface area contributed by atoms with E-state index in [4.69, 9.17) is 11.6 Å². The molecule has 0 radical (unpaired) electrons. The van der Waals surface area contributed by atoms with Gasteiger partial charge in [0.2, 0.25) is 0 Å². The standard InChI is InChI=1S/C17H12BrClN2/c18-15-7-3-6-13-12-4-1-2-5-14(12)17-20-10-11(8-9-19)21(17)16(13)15/h1-7,10H,8-9H2. The van der Waals surface area contributed by atoms with Crippen molar-refractivity contribution < 1.29 is 0 Å². The zero-order chi connectivity index (χ0) is 14.4. The average molecular weight is 360 g/mol. The Morgan fingerprint density at radius 2 is 1.76 bits per heavy atom. The van der Waals surface area contributed by atoms with E-state index in [1.54, 1.807) is 0 Å². The van der Waals surface area contributed by atoms with E-state index in [-0.39, 0.29) is 0 Å². The van der Waals surface area contributed by atoms with Crippen LogP contribution in [0.1, 0.15) is 5.69 Å². The highest BCUT2D eigenvalue weighted by Crippen LogP contribution is 2.33. The molecule has 0 amide bonds. The highest BCUT2D eigenvalue weighted by molar-refractivity contribution is 9.10. The molecule has 0 atom stereocenters. The van der Waals surface area contributed by atoms with Gasteiger partial charge in [-0.25, -0.2) is 4.98 Å². The topological polar surface area (TPSA) is 17.3 Å². The monoisotopic (exact) mass is 358 g/mol. The largest absolute Gasteiger partial charge is 0.295 e. The van der Waals surface area contributed by atoms with Crippen LogP contribution in [0.3, 0.4) is 0 Å². The van der Waals surface area contributed by atoms with Crippen LogP contribution in [0, 0.1) is 0 Å². The van der Waals surface area contributed by atoms with Gasteiger partial charge in [-0.3, -0.25) is 4.40 Å². The summed E-state index contributed by atoms with van der Waals surface area (Å²) in [5, 5.41) is 3.62. The van der Waals surface area contributed by atoms with Crippen LogP contribution in [0.4, 0.5) is 0 Å². The van der Waals surface area contributed by atoms with Gasteiger partial charge in [0.1, 0.15) is 5.65 Å². The number of alkyl halides is 1. The molecule has 2 aromatic heterocycles. The summed E-state index contributed by atoms with van der Waals surface area (Å²) >= 11 is 9.64. The van der Waals surface area contributed by atoms with Crippen molar-refractivity contribution in [3.8, 4) is 0 Å². The molecule has 0 unspecified atom stereocenters. The van der Waals surface area contributed by atoms with Crippen molar-refractivity contribution in [3.05, 3.63) is 58.8 Å². The SMILES string of the molecule is ClCCc1cnc2c3ccccc3c3cccc(Br)c3n12. The number of fused-ring (bicyclic) bond motifs is 6. The van der Waals surface area contributed by atoms with Crippen LogP contribution < -0.4 is 0 Å². The smallest absolute Gasteiger partial charge is 0.145 e. The molecule has 4 rings (SSSR count). The minimum atomic E-state index is 0.590. The van der Waals surface area contributed by atoms with Gasteiger partial charge in [0.15, 0.2) is 0 Å². The Kier molecular flexibility index (Phi) is 3.12. The summed E-state index contributed by atoms with van der Waals surface area (Å²) in [6.07, 6.45) is 2.74. The van der Waals surface area contributed by atoms with Crippen molar-refractivity contribution in [2.75, 3.05) is 5.88 Å². The maximum absolute atomic E-state index is 5.95. The minimum Gasteiger partial charge on any atom is -0.295 e. The molecule has 4 heteroatoms. The summed E-state index contributed by atoms with van der Waals surface area (Å²) in [6, 6.07) is 14.7. The molecule has 21 heavy (non-hydrogen) atoms. The number of imidazole rings is 1. The Balaban J connectivity index is 2.34. The van der Waals surface area contributed by atoms with Crippen molar-refractivity contribution in [2.24, 2.45) is 0 Å². The van der Waals surface area contributed by atoms with Gasteiger partial charge < -0.3 is 0 Å². The molecule has 0 aliphatic heterocycles. The summed E-state index contributed by atoms with van der Waals surface area (Å²) in [6.45, 7) is 0. The first-order valence-electron chi connectivity index (χ1n) is 6.82. The lowest BCUT2D eigenvalue weighted by Gasteiger charge is -2.11. The maximum atomic E-state index is 5.95. The molecule has 2 heterocycles. The van der Waals surface area contributed by atoms with Gasteiger partial charge in [-0.1, -0.05) is 36.4 Å². The number of hydrogen-bond acceptors (Lipinski definition) is 1. The van der Waals surface area contributed by atoms with Gasteiger partial charge >= 0.3 is 0 Å². The van der Waals surface area contributed by atoms with Crippen LogP contribution in [-0.4, -0.2) is 15.3 Å². The summed E-state index contributed by atoms with van der Waals surface area (Å²) in [7, 11) is 0. The number of aryl methyl sites for hydroxylation is 1. The zero-order valence-corrected chi connectivity index (χ0v) is 13.5. The van der Waals surface area contributed by atoms with E-state index in [2.05, 4.69) is 67.8 Å². The van der Waals surface area contributed by atoms with Crippen molar-refractivity contribution in [3.63, 3.8) is 0 Å². The normalized spacial score (nSPS) is 11.7. The third-order valence-corrected chi connectivity index (χ3v) is 4.68. The van der Waals surface area contributed by atoms with E-state index < -0.39 is 0 Å². The molecule has 0 aliphatic rings. The Hall–Kier alpha value is -1.58. The quantitative estimate of drug-likeness (QED) is 0.356. The van der Waals surface area contributed by atoms with E-state index >= 15 is 0 Å². The zero-order valence-electron chi connectivity index (χ0n) is 11.2. The number of para-hydroxylation sites is 1. The molecular formula is C17H12BrClN2. The highest BCUT2D eigenvalue weighted by atomic mass is 79.9. The first kappa shape index (κ1) is 13.1. The molecule has 0 bridgehead atoms. The van der Waals surface area contributed by atoms with Crippen molar-refractivity contribution in [1.82, 2.24) is 9.38 Å². The first-order valence-corrected chi connectivity index (χ1v) is 8.15. The van der Waals surface area contributed by atoms with Crippen LogP contribution in [0.25, 0.3) is 27.3 Å². The van der Waals surface area contributed by atoms with Crippen molar-refractivity contribution >= 4 is 54.9 Å². The van der Waals surface area contributed by atoms with Gasteiger partial charge in [-0.05, 0) is 27.4 Å². The number of hydrogen-bond donors (Lipinski definition) is 0. The van der Waals surface area contributed by atoms with Gasteiger partial charge in [0.25, 0.3) is 0 Å². The average Bonchev–Trinajstić information content (AvgIpc) is 2.92. The predicted molar refractivity (Wildman–Crippen MR) is 92.3 cm³/mol. The van der Waals surface area contributed by atoms with Gasteiger partial charge in [-0.15, -0.1) is 11.6 Å². The molecule has 104 valence electrons. The van der Waals surface area contributed by atoms with Crippen LogP contribution >= 0.6 is 27.5 Å². The van der Waals surface area contributed by atoms with Crippen molar-refractivity contribution in [1.29, 1.82) is 0 Å². The van der Waals surface area contributed by atoms with Crippen molar-refractivity contribution in [2.45, 2.75) is 6.42 Å². The van der Waals surface area contributed by atoms with Gasteiger partial charge in [0, 0.05) is 39.4 Å². The fourth-order valence-electron chi connectivity index (χ4n) is 2.97. The predicted octanol–water partition coefficient (Wildman–Crippen LogP) is 5.18. The Labute approximate surface area is 135 Å². The van der Waals surface area contributed by atoms with E-state index in [0.29, 0.717) is 5.88 Å². The van der Waals surface area contributed by atoms with Gasteiger partial charge in [0.05, 0.1) is 5.52 Å². The number of halogens is 2. The molecule has 0 saturated carbocycles. The van der Waals surface area contributed by atoms with E-state index in [1.807, 2.05) is 6.20 Å². The molecule has 0 saturated heterocycles.